The van der Waals surface area contributed by atoms with Gasteiger partial charge in [0.2, 0.25) is 0 Å². The molecule has 39 heavy (non-hydrogen) atoms. The van der Waals surface area contributed by atoms with Crippen LogP contribution in [0, 0.1) is 0 Å². The van der Waals surface area contributed by atoms with Crippen molar-refractivity contribution in [3.63, 3.8) is 0 Å². The van der Waals surface area contributed by atoms with Crippen LogP contribution >= 0.6 is 0 Å². The van der Waals surface area contributed by atoms with Gasteiger partial charge in [0.05, 0.1) is 28.8 Å². The molecule has 4 aromatic heterocycles. The normalized spacial score (nSPS) is 15.8. The summed E-state index contributed by atoms with van der Waals surface area (Å²) in [6.45, 7) is 2.75. The Hall–Kier alpha value is -4.28. The summed E-state index contributed by atoms with van der Waals surface area (Å²) in [5.41, 5.74) is 8.51. The number of amides is 1. The van der Waals surface area contributed by atoms with E-state index < -0.39 is 0 Å². The summed E-state index contributed by atoms with van der Waals surface area (Å²) in [5.74, 6) is 1.06. The van der Waals surface area contributed by atoms with Gasteiger partial charge in [0, 0.05) is 31.9 Å². The van der Waals surface area contributed by atoms with Crippen molar-refractivity contribution in [2.24, 2.45) is 0 Å². The number of carbonyl (C=O) groups excluding carboxylic acids is 1. The summed E-state index contributed by atoms with van der Waals surface area (Å²) in [7, 11) is 4.11. The molecule has 1 amide bonds. The molecule has 0 spiro atoms. The lowest BCUT2D eigenvalue weighted by Crippen LogP contribution is -2.19. The molecule has 0 saturated carbocycles. The standard InChI is InChI=1S/C29H29N7O3/c1-35(2)15-22-18(17-9-11-38-12-10-17)4-7-25(34-22)33-21-5-3-19(20-13-31-29(37)27(20)21)23-14-30-26-8-6-24-28(36(23)26)32-16-39-24/h3-8,14,16-17H,9-13,15H2,1-2H3,(H,31,37)(H,33,34). The van der Waals surface area contributed by atoms with Gasteiger partial charge in [-0.1, -0.05) is 12.1 Å². The first kappa shape index (κ1) is 23.8. The minimum absolute atomic E-state index is 0.109. The lowest BCUT2D eigenvalue weighted by atomic mass is 9.90. The first-order valence-corrected chi connectivity index (χ1v) is 13.2. The van der Waals surface area contributed by atoms with E-state index in [0.29, 0.717) is 29.3 Å². The Balaban J connectivity index is 1.28. The maximum Gasteiger partial charge on any atom is 0.254 e. The van der Waals surface area contributed by atoms with Crippen molar-refractivity contribution in [3.05, 3.63) is 71.4 Å². The van der Waals surface area contributed by atoms with Gasteiger partial charge in [-0.15, -0.1) is 0 Å². The lowest BCUT2D eigenvalue weighted by Gasteiger charge is -2.25. The van der Waals surface area contributed by atoms with Crippen LogP contribution in [0.15, 0.2) is 53.4 Å². The van der Waals surface area contributed by atoms with Crippen LogP contribution in [0.2, 0.25) is 0 Å². The minimum Gasteiger partial charge on any atom is -0.442 e. The summed E-state index contributed by atoms with van der Waals surface area (Å²) < 4.78 is 13.1. The second-order valence-electron chi connectivity index (χ2n) is 10.4. The number of hydrogen-bond donors (Lipinski definition) is 2. The highest BCUT2D eigenvalue weighted by atomic mass is 16.5. The first-order chi connectivity index (χ1) is 19.1. The Morgan fingerprint density at radius 1 is 1.10 bits per heavy atom. The number of aromatic nitrogens is 4. The molecule has 2 aliphatic heterocycles. The molecular formula is C29H29N7O3. The summed E-state index contributed by atoms with van der Waals surface area (Å²) in [6, 6.07) is 11.9. The van der Waals surface area contributed by atoms with E-state index in [9.17, 15) is 4.79 Å². The molecule has 2 aliphatic rings. The van der Waals surface area contributed by atoms with Crippen molar-refractivity contribution in [2.45, 2.75) is 31.8 Å². The van der Waals surface area contributed by atoms with E-state index in [1.807, 2.05) is 40.9 Å². The van der Waals surface area contributed by atoms with Gasteiger partial charge in [0.15, 0.2) is 17.6 Å². The van der Waals surface area contributed by atoms with Gasteiger partial charge in [-0.25, -0.2) is 9.97 Å². The molecule has 10 nitrogen and oxygen atoms in total. The number of fused-ring (bicyclic) bond motifs is 4. The maximum atomic E-state index is 13.1. The van der Waals surface area contributed by atoms with Crippen LogP contribution < -0.4 is 10.6 Å². The van der Waals surface area contributed by atoms with E-state index in [-0.39, 0.29) is 5.91 Å². The summed E-state index contributed by atoms with van der Waals surface area (Å²) in [4.78, 5) is 29.2. The Morgan fingerprint density at radius 2 is 1.97 bits per heavy atom. The number of rotatable bonds is 6. The number of pyridine rings is 2. The summed E-state index contributed by atoms with van der Waals surface area (Å²) in [5, 5.41) is 6.45. The average Bonchev–Trinajstić information content (AvgIpc) is 3.68. The zero-order chi connectivity index (χ0) is 26.5. The van der Waals surface area contributed by atoms with Gasteiger partial charge in [-0.2, -0.15) is 4.98 Å². The molecule has 198 valence electrons. The SMILES string of the molecule is CN(C)Cc1nc(Nc2ccc(-c3cnc4ccc5ocnc5n34)c3c2C(=O)NC3)ccc1C1CCOCC1. The number of hydrogen-bond acceptors (Lipinski definition) is 8. The Morgan fingerprint density at radius 3 is 2.82 bits per heavy atom. The number of oxazole rings is 1. The van der Waals surface area contributed by atoms with Crippen LogP contribution in [-0.2, 0) is 17.8 Å². The van der Waals surface area contributed by atoms with Crippen LogP contribution in [0.25, 0.3) is 28.1 Å². The number of ether oxygens (including phenoxy) is 1. The number of benzene rings is 1. The van der Waals surface area contributed by atoms with Crippen molar-refractivity contribution in [2.75, 3.05) is 32.6 Å². The van der Waals surface area contributed by atoms with Crippen molar-refractivity contribution in [1.29, 1.82) is 0 Å². The Kier molecular flexibility index (Phi) is 5.79. The zero-order valence-corrected chi connectivity index (χ0v) is 21.9. The third-order valence-electron chi connectivity index (χ3n) is 7.60. The molecule has 5 aromatic rings. The van der Waals surface area contributed by atoms with Crippen LogP contribution in [0.4, 0.5) is 11.5 Å². The number of nitrogens with one attached hydrogen (secondary N) is 2. The third-order valence-corrected chi connectivity index (χ3v) is 7.60. The van der Waals surface area contributed by atoms with Gasteiger partial charge in [-0.3, -0.25) is 9.20 Å². The van der Waals surface area contributed by atoms with Gasteiger partial charge in [0.25, 0.3) is 5.91 Å². The minimum atomic E-state index is -0.109. The van der Waals surface area contributed by atoms with Crippen molar-refractivity contribution in [1.82, 2.24) is 29.6 Å². The molecule has 0 atom stereocenters. The van der Waals surface area contributed by atoms with Crippen molar-refractivity contribution >= 4 is 34.3 Å². The van der Waals surface area contributed by atoms with Gasteiger partial charge in [-0.05, 0) is 68.2 Å². The molecule has 2 N–H and O–H groups in total. The van der Waals surface area contributed by atoms with E-state index in [1.165, 1.54) is 12.0 Å². The Labute approximate surface area is 225 Å². The van der Waals surface area contributed by atoms with E-state index in [0.717, 1.165) is 72.3 Å². The predicted octanol–water partition coefficient (Wildman–Crippen LogP) is 4.48. The van der Waals surface area contributed by atoms with Crippen molar-refractivity contribution < 1.29 is 13.9 Å². The van der Waals surface area contributed by atoms with Crippen LogP contribution in [-0.4, -0.2) is 57.5 Å². The second-order valence-corrected chi connectivity index (χ2v) is 10.4. The highest BCUT2D eigenvalue weighted by Crippen LogP contribution is 2.37. The van der Waals surface area contributed by atoms with Gasteiger partial charge in [0.1, 0.15) is 11.5 Å². The fourth-order valence-corrected chi connectivity index (χ4v) is 5.80. The topological polar surface area (TPSA) is 110 Å². The molecule has 0 aliphatic carbocycles. The van der Waals surface area contributed by atoms with Crippen LogP contribution in [0.3, 0.4) is 0 Å². The summed E-state index contributed by atoms with van der Waals surface area (Å²) in [6.07, 6.45) is 5.27. The highest BCUT2D eigenvalue weighted by molar-refractivity contribution is 6.06. The summed E-state index contributed by atoms with van der Waals surface area (Å²) >= 11 is 0. The number of imidazole rings is 1. The smallest absolute Gasteiger partial charge is 0.254 e. The molecule has 1 fully saturated rings. The quantitative estimate of drug-likeness (QED) is 0.335. The first-order valence-electron chi connectivity index (χ1n) is 13.2. The van der Waals surface area contributed by atoms with E-state index in [1.54, 1.807) is 0 Å². The van der Waals surface area contributed by atoms with E-state index >= 15 is 0 Å². The monoisotopic (exact) mass is 523 g/mol. The number of carbonyl (C=O) groups is 1. The highest BCUT2D eigenvalue weighted by Gasteiger charge is 2.28. The fourth-order valence-electron chi connectivity index (χ4n) is 5.80. The molecule has 7 rings (SSSR count). The zero-order valence-electron chi connectivity index (χ0n) is 21.9. The molecule has 10 heteroatoms. The predicted molar refractivity (Wildman–Crippen MR) is 147 cm³/mol. The molecule has 0 bridgehead atoms. The second kappa shape index (κ2) is 9.48. The largest absolute Gasteiger partial charge is 0.442 e. The Bertz CT molecular complexity index is 1720. The molecule has 1 saturated heterocycles. The third kappa shape index (κ3) is 4.12. The molecule has 0 unspecified atom stereocenters. The molecular weight excluding hydrogens is 494 g/mol. The molecule has 1 aromatic carbocycles. The van der Waals surface area contributed by atoms with E-state index in [4.69, 9.17) is 14.1 Å². The van der Waals surface area contributed by atoms with Crippen LogP contribution in [0.1, 0.15) is 45.9 Å². The molecule has 0 radical (unpaired) electrons. The van der Waals surface area contributed by atoms with Gasteiger partial charge < -0.3 is 24.7 Å². The van der Waals surface area contributed by atoms with Gasteiger partial charge >= 0.3 is 0 Å². The van der Waals surface area contributed by atoms with E-state index in [2.05, 4.69) is 45.7 Å². The van der Waals surface area contributed by atoms with Crippen LogP contribution in [0.5, 0.6) is 0 Å². The fraction of sp³-hybridized carbons (Fsp3) is 0.310. The van der Waals surface area contributed by atoms with Crippen molar-refractivity contribution in [3.8, 4) is 11.3 Å². The lowest BCUT2D eigenvalue weighted by molar-refractivity contribution is 0.0849. The molecule has 6 heterocycles. The maximum absolute atomic E-state index is 13.1. The average molecular weight is 524 g/mol. The number of anilines is 2. The number of nitrogens with zero attached hydrogens (tertiary/aromatic N) is 5.